The molecule has 1 saturated heterocycles. The predicted molar refractivity (Wildman–Crippen MR) is 85.4 cm³/mol. The lowest BCUT2D eigenvalue weighted by atomic mass is 9.78. The molecular weight excluding hydrogens is 282 g/mol. The van der Waals surface area contributed by atoms with Gasteiger partial charge < -0.3 is 10.6 Å². The van der Waals surface area contributed by atoms with Gasteiger partial charge in [-0.2, -0.15) is 0 Å². The maximum Gasteiger partial charge on any atom is 0.273 e. The standard InChI is InChI=1S/C16H19N3OS/c1-16(2)10-19(14(20)13-9-21-15(17)18-13)8-12(16)11-6-4-3-5-7-11/h3-7,9,12H,8,10H2,1-2H3,(H2,17,18). The normalized spacial score (nSPS) is 20.7. The Bertz CT molecular complexity index is 651. The fourth-order valence-corrected chi connectivity index (χ4v) is 3.62. The van der Waals surface area contributed by atoms with Gasteiger partial charge in [-0.05, 0) is 11.0 Å². The molecular formula is C16H19N3OS. The van der Waals surface area contributed by atoms with Crippen molar-refractivity contribution in [2.75, 3.05) is 18.8 Å². The fourth-order valence-electron chi connectivity index (χ4n) is 3.08. The Morgan fingerprint density at radius 3 is 2.71 bits per heavy atom. The topological polar surface area (TPSA) is 59.2 Å². The van der Waals surface area contributed by atoms with E-state index in [1.54, 1.807) is 5.38 Å². The molecule has 110 valence electrons. The maximum atomic E-state index is 12.5. The van der Waals surface area contributed by atoms with Gasteiger partial charge >= 0.3 is 0 Å². The highest BCUT2D eigenvalue weighted by Gasteiger charge is 2.42. The summed E-state index contributed by atoms with van der Waals surface area (Å²) in [4.78, 5) is 18.5. The second-order valence-electron chi connectivity index (χ2n) is 6.21. The van der Waals surface area contributed by atoms with E-state index in [-0.39, 0.29) is 11.3 Å². The molecule has 21 heavy (non-hydrogen) atoms. The van der Waals surface area contributed by atoms with Crippen LogP contribution in [0.4, 0.5) is 5.13 Å². The largest absolute Gasteiger partial charge is 0.375 e. The Labute approximate surface area is 128 Å². The van der Waals surface area contributed by atoms with Crippen molar-refractivity contribution in [3.05, 3.63) is 47.0 Å². The molecule has 1 aromatic heterocycles. The van der Waals surface area contributed by atoms with Gasteiger partial charge in [0.05, 0.1) is 0 Å². The van der Waals surface area contributed by atoms with Crippen molar-refractivity contribution in [3.63, 3.8) is 0 Å². The molecule has 1 aliphatic rings. The van der Waals surface area contributed by atoms with E-state index in [1.807, 2.05) is 11.0 Å². The molecule has 5 heteroatoms. The van der Waals surface area contributed by atoms with Gasteiger partial charge in [-0.3, -0.25) is 4.79 Å². The van der Waals surface area contributed by atoms with E-state index in [2.05, 4.69) is 43.1 Å². The molecule has 2 heterocycles. The number of nitrogens with two attached hydrogens (primary N) is 1. The number of likely N-dealkylation sites (tertiary alicyclic amines) is 1. The van der Waals surface area contributed by atoms with Gasteiger partial charge in [-0.1, -0.05) is 44.2 Å². The smallest absolute Gasteiger partial charge is 0.273 e. The number of rotatable bonds is 2. The molecule has 1 aromatic carbocycles. The number of anilines is 1. The molecule has 0 spiro atoms. The number of benzene rings is 1. The van der Waals surface area contributed by atoms with E-state index >= 15 is 0 Å². The summed E-state index contributed by atoms with van der Waals surface area (Å²) in [6, 6.07) is 10.4. The second kappa shape index (κ2) is 5.15. The maximum absolute atomic E-state index is 12.5. The quantitative estimate of drug-likeness (QED) is 0.927. The van der Waals surface area contributed by atoms with Gasteiger partial charge in [-0.25, -0.2) is 4.98 Å². The third kappa shape index (κ3) is 2.65. The van der Waals surface area contributed by atoms with Crippen LogP contribution < -0.4 is 5.73 Å². The lowest BCUT2D eigenvalue weighted by Gasteiger charge is -2.25. The van der Waals surface area contributed by atoms with Crippen molar-refractivity contribution < 1.29 is 4.79 Å². The molecule has 1 fully saturated rings. The number of amides is 1. The lowest BCUT2D eigenvalue weighted by molar-refractivity contribution is 0.0773. The number of hydrogen-bond donors (Lipinski definition) is 1. The number of aromatic nitrogens is 1. The first kappa shape index (κ1) is 14.1. The highest BCUT2D eigenvalue weighted by atomic mass is 32.1. The van der Waals surface area contributed by atoms with Crippen LogP contribution in [0.3, 0.4) is 0 Å². The molecule has 1 aliphatic heterocycles. The van der Waals surface area contributed by atoms with Gasteiger partial charge in [0.1, 0.15) is 5.69 Å². The second-order valence-corrected chi connectivity index (χ2v) is 7.10. The number of nitrogens with zero attached hydrogens (tertiary/aromatic N) is 2. The van der Waals surface area contributed by atoms with Crippen LogP contribution in [0.1, 0.15) is 35.8 Å². The van der Waals surface area contributed by atoms with Gasteiger partial charge in [0.2, 0.25) is 0 Å². The third-order valence-corrected chi connectivity index (χ3v) is 4.85. The summed E-state index contributed by atoms with van der Waals surface area (Å²) < 4.78 is 0. The number of carbonyl (C=O) groups excluding carboxylic acids is 1. The number of hydrogen-bond acceptors (Lipinski definition) is 4. The molecule has 0 saturated carbocycles. The molecule has 1 unspecified atom stereocenters. The van der Waals surface area contributed by atoms with Crippen LogP contribution in [0, 0.1) is 5.41 Å². The van der Waals surface area contributed by atoms with E-state index in [9.17, 15) is 4.79 Å². The van der Waals surface area contributed by atoms with Crippen LogP contribution >= 0.6 is 11.3 Å². The Kier molecular flexibility index (Phi) is 3.45. The summed E-state index contributed by atoms with van der Waals surface area (Å²) in [6.45, 7) is 5.90. The van der Waals surface area contributed by atoms with E-state index in [0.717, 1.165) is 13.1 Å². The minimum absolute atomic E-state index is 0.0190. The molecule has 2 N–H and O–H groups in total. The minimum Gasteiger partial charge on any atom is -0.375 e. The number of nitrogen functional groups attached to an aromatic ring is 1. The molecule has 2 aromatic rings. The average Bonchev–Trinajstić information content (AvgIpc) is 3.02. The zero-order valence-corrected chi connectivity index (χ0v) is 13.1. The monoisotopic (exact) mass is 301 g/mol. The van der Waals surface area contributed by atoms with Gasteiger partial charge in [0.15, 0.2) is 5.13 Å². The minimum atomic E-state index is -0.0190. The van der Waals surface area contributed by atoms with Crippen molar-refractivity contribution >= 4 is 22.4 Å². The zero-order valence-electron chi connectivity index (χ0n) is 12.2. The summed E-state index contributed by atoms with van der Waals surface area (Å²) in [5, 5.41) is 2.18. The molecule has 4 nitrogen and oxygen atoms in total. The average molecular weight is 301 g/mol. The zero-order chi connectivity index (χ0) is 15.0. The van der Waals surface area contributed by atoms with Gasteiger partial charge in [-0.15, -0.1) is 11.3 Å². The Hall–Kier alpha value is -1.88. The molecule has 0 aliphatic carbocycles. The first-order valence-corrected chi connectivity index (χ1v) is 7.90. The Morgan fingerprint density at radius 1 is 1.38 bits per heavy atom. The van der Waals surface area contributed by atoms with Crippen molar-refractivity contribution in [3.8, 4) is 0 Å². The molecule has 0 radical (unpaired) electrons. The highest BCUT2D eigenvalue weighted by Crippen LogP contribution is 2.42. The summed E-state index contributed by atoms with van der Waals surface area (Å²) >= 11 is 1.31. The first-order chi connectivity index (χ1) is 9.97. The number of carbonyl (C=O) groups is 1. The fraction of sp³-hybridized carbons (Fsp3) is 0.375. The molecule has 0 bridgehead atoms. The van der Waals surface area contributed by atoms with Crippen molar-refractivity contribution in [2.24, 2.45) is 5.41 Å². The van der Waals surface area contributed by atoms with Crippen molar-refractivity contribution in [1.29, 1.82) is 0 Å². The van der Waals surface area contributed by atoms with E-state index in [1.165, 1.54) is 16.9 Å². The SMILES string of the molecule is CC1(C)CN(C(=O)c2csc(N)n2)CC1c1ccccc1. The number of thiazole rings is 1. The van der Waals surface area contributed by atoms with E-state index < -0.39 is 0 Å². The predicted octanol–water partition coefficient (Wildman–Crippen LogP) is 2.99. The Balaban J connectivity index is 1.83. The highest BCUT2D eigenvalue weighted by molar-refractivity contribution is 7.13. The summed E-state index contributed by atoms with van der Waals surface area (Å²) in [7, 11) is 0. The Morgan fingerprint density at radius 2 is 2.10 bits per heavy atom. The lowest BCUT2D eigenvalue weighted by Crippen LogP contribution is -2.30. The van der Waals surface area contributed by atoms with Crippen LogP contribution in [-0.4, -0.2) is 28.9 Å². The van der Waals surface area contributed by atoms with Crippen molar-refractivity contribution in [2.45, 2.75) is 19.8 Å². The van der Waals surface area contributed by atoms with Crippen LogP contribution in [-0.2, 0) is 0 Å². The van der Waals surface area contributed by atoms with Crippen LogP contribution in [0.25, 0.3) is 0 Å². The van der Waals surface area contributed by atoms with Crippen LogP contribution in [0.15, 0.2) is 35.7 Å². The summed E-state index contributed by atoms with van der Waals surface area (Å²) in [6.07, 6.45) is 0. The van der Waals surface area contributed by atoms with Gasteiger partial charge in [0, 0.05) is 24.4 Å². The first-order valence-electron chi connectivity index (χ1n) is 7.02. The molecule has 1 atom stereocenters. The third-order valence-electron chi connectivity index (χ3n) is 4.17. The molecule has 1 amide bonds. The van der Waals surface area contributed by atoms with Gasteiger partial charge in [0.25, 0.3) is 5.91 Å². The summed E-state index contributed by atoms with van der Waals surface area (Å²) in [5.41, 5.74) is 7.43. The van der Waals surface area contributed by atoms with E-state index in [4.69, 9.17) is 5.73 Å². The van der Waals surface area contributed by atoms with Crippen LogP contribution in [0.2, 0.25) is 0 Å². The van der Waals surface area contributed by atoms with Crippen molar-refractivity contribution in [1.82, 2.24) is 9.88 Å². The van der Waals surface area contributed by atoms with Crippen LogP contribution in [0.5, 0.6) is 0 Å². The van der Waals surface area contributed by atoms with E-state index in [0.29, 0.717) is 16.7 Å². The molecule has 3 rings (SSSR count). The summed E-state index contributed by atoms with van der Waals surface area (Å²) in [5.74, 6) is 0.327.